The third-order valence-corrected chi connectivity index (χ3v) is 4.62. The van der Waals surface area contributed by atoms with Crippen molar-refractivity contribution >= 4 is 23.4 Å². The van der Waals surface area contributed by atoms with Crippen LogP contribution in [0.25, 0.3) is 0 Å². The summed E-state index contributed by atoms with van der Waals surface area (Å²) in [6.45, 7) is 5.05. The Balaban J connectivity index is 1.43. The number of rotatable bonds is 4. The predicted molar refractivity (Wildman–Crippen MR) is 96.8 cm³/mol. The summed E-state index contributed by atoms with van der Waals surface area (Å²) >= 11 is 0. The molecule has 2 saturated heterocycles. The van der Waals surface area contributed by atoms with Crippen LogP contribution in [0.4, 0.5) is 21.0 Å². The number of likely N-dealkylation sites (tertiary alicyclic amines) is 1. The fraction of sp³-hybridized carbons (Fsp3) is 0.556. The molecule has 2 unspecified atom stereocenters. The van der Waals surface area contributed by atoms with Gasteiger partial charge in [-0.05, 0) is 49.4 Å². The van der Waals surface area contributed by atoms with Gasteiger partial charge in [0.15, 0.2) is 0 Å². The van der Waals surface area contributed by atoms with E-state index < -0.39 is 0 Å². The quantitative estimate of drug-likeness (QED) is 0.784. The van der Waals surface area contributed by atoms with Crippen molar-refractivity contribution in [3.63, 3.8) is 0 Å². The summed E-state index contributed by atoms with van der Waals surface area (Å²) in [6.07, 6.45) is 3.22. The molecule has 0 bridgehead atoms. The summed E-state index contributed by atoms with van der Waals surface area (Å²) in [4.78, 5) is 25.9. The maximum atomic E-state index is 12.2. The van der Waals surface area contributed by atoms with Gasteiger partial charge in [-0.15, -0.1) is 0 Å². The van der Waals surface area contributed by atoms with Crippen molar-refractivity contribution < 1.29 is 14.3 Å². The molecule has 0 aromatic heterocycles. The smallest absolute Gasteiger partial charge is 0.321 e. The molecule has 0 spiro atoms. The Morgan fingerprint density at radius 3 is 2.48 bits per heavy atom. The average Bonchev–Trinajstić information content (AvgIpc) is 3.26. The molecule has 136 valence electrons. The van der Waals surface area contributed by atoms with E-state index in [1.807, 2.05) is 4.90 Å². The number of benzene rings is 1. The molecule has 2 atom stereocenters. The molecule has 2 heterocycles. The van der Waals surface area contributed by atoms with Crippen molar-refractivity contribution in [2.45, 2.75) is 32.3 Å². The van der Waals surface area contributed by atoms with E-state index in [1.54, 1.807) is 24.3 Å². The van der Waals surface area contributed by atoms with E-state index in [4.69, 9.17) is 4.74 Å². The Labute approximate surface area is 148 Å². The van der Waals surface area contributed by atoms with E-state index in [0.29, 0.717) is 18.2 Å². The molecule has 7 nitrogen and oxygen atoms in total. The molecule has 2 aliphatic rings. The van der Waals surface area contributed by atoms with Crippen molar-refractivity contribution in [3.8, 4) is 0 Å². The number of urea groups is 2. The molecule has 7 heteroatoms. The number of nitrogens with zero attached hydrogens (tertiary/aromatic N) is 1. The molecule has 2 fully saturated rings. The number of ether oxygens (including phenoxy) is 1. The highest BCUT2D eigenvalue weighted by molar-refractivity contribution is 5.91. The Bertz CT molecular complexity index is 599. The molecule has 0 saturated carbocycles. The van der Waals surface area contributed by atoms with E-state index in [2.05, 4.69) is 22.9 Å². The lowest BCUT2D eigenvalue weighted by Crippen LogP contribution is -2.35. The maximum absolute atomic E-state index is 12.2. The Morgan fingerprint density at radius 2 is 1.88 bits per heavy atom. The minimum absolute atomic E-state index is 0.0700. The minimum atomic E-state index is -0.252. The van der Waals surface area contributed by atoms with E-state index in [-0.39, 0.29) is 18.2 Å². The minimum Gasteiger partial charge on any atom is -0.376 e. The van der Waals surface area contributed by atoms with Crippen molar-refractivity contribution in [3.05, 3.63) is 24.3 Å². The standard InChI is InChI=1S/C18H26N4O3/c1-13-8-9-22(12-13)18(24)21-15-6-4-14(5-7-15)20-17(23)19-11-16-3-2-10-25-16/h4-7,13,16H,2-3,8-12H2,1H3,(H,21,24)(H2,19,20,23). The zero-order chi connectivity index (χ0) is 17.6. The zero-order valence-electron chi connectivity index (χ0n) is 14.6. The molecule has 3 N–H and O–H groups in total. The van der Waals surface area contributed by atoms with Gasteiger partial charge in [0.1, 0.15) is 0 Å². The molecule has 1 aromatic rings. The van der Waals surface area contributed by atoms with Crippen LogP contribution >= 0.6 is 0 Å². The highest BCUT2D eigenvalue weighted by Gasteiger charge is 2.23. The lowest BCUT2D eigenvalue weighted by molar-refractivity contribution is 0.112. The summed E-state index contributed by atoms with van der Waals surface area (Å²) in [5, 5.41) is 8.48. The van der Waals surface area contributed by atoms with E-state index in [0.717, 1.165) is 44.6 Å². The van der Waals surface area contributed by atoms with Crippen LogP contribution in [0.15, 0.2) is 24.3 Å². The molecule has 25 heavy (non-hydrogen) atoms. The van der Waals surface area contributed by atoms with Gasteiger partial charge < -0.3 is 25.6 Å². The van der Waals surface area contributed by atoms with Gasteiger partial charge in [0.2, 0.25) is 0 Å². The van der Waals surface area contributed by atoms with Crippen LogP contribution in [0, 0.1) is 5.92 Å². The summed E-state index contributed by atoms with van der Waals surface area (Å²) < 4.78 is 5.47. The molecule has 1 aromatic carbocycles. The Kier molecular flexibility index (Phi) is 5.75. The van der Waals surface area contributed by atoms with Crippen LogP contribution in [0.2, 0.25) is 0 Å². The first-order valence-electron chi connectivity index (χ1n) is 8.92. The first kappa shape index (κ1) is 17.5. The van der Waals surface area contributed by atoms with Crippen LogP contribution in [-0.4, -0.2) is 49.3 Å². The van der Waals surface area contributed by atoms with E-state index in [1.165, 1.54) is 0 Å². The van der Waals surface area contributed by atoms with Gasteiger partial charge in [0.25, 0.3) is 0 Å². The summed E-state index contributed by atoms with van der Waals surface area (Å²) in [6, 6.07) is 6.79. The highest BCUT2D eigenvalue weighted by Crippen LogP contribution is 2.18. The largest absolute Gasteiger partial charge is 0.376 e. The second kappa shape index (κ2) is 8.20. The first-order valence-corrected chi connectivity index (χ1v) is 8.92. The molecule has 2 aliphatic heterocycles. The molecule has 0 radical (unpaired) electrons. The first-order chi connectivity index (χ1) is 12.1. The third kappa shape index (κ3) is 5.09. The molecule has 0 aliphatic carbocycles. The third-order valence-electron chi connectivity index (χ3n) is 4.62. The predicted octanol–water partition coefficient (Wildman–Crippen LogP) is 2.86. The summed E-state index contributed by atoms with van der Waals surface area (Å²) in [5.74, 6) is 0.561. The van der Waals surface area contributed by atoms with E-state index in [9.17, 15) is 9.59 Å². The molecular weight excluding hydrogens is 320 g/mol. The number of hydrogen-bond acceptors (Lipinski definition) is 3. The highest BCUT2D eigenvalue weighted by atomic mass is 16.5. The number of anilines is 2. The van der Waals surface area contributed by atoms with Gasteiger partial charge >= 0.3 is 12.1 Å². The fourth-order valence-corrected chi connectivity index (χ4v) is 3.15. The van der Waals surface area contributed by atoms with Gasteiger partial charge in [-0.2, -0.15) is 0 Å². The lowest BCUT2D eigenvalue weighted by Gasteiger charge is -2.17. The van der Waals surface area contributed by atoms with Crippen molar-refractivity contribution in [2.24, 2.45) is 5.92 Å². The number of carbonyl (C=O) groups excluding carboxylic acids is 2. The van der Waals surface area contributed by atoms with Crippen molar-refractivity contribution in [2.75, 3.05) is 36.9 Å². The summed E-state index contributed by atoms with van der Waals surface area (Å²) in [5.41, 5.74) is 1.40. The van der Waals surface area contributed by atoms with Crippen molar-refractivity contribution in [1.29, 1.82) is 0 Å². The number of amides is 4. The normalized spacial score (nSPS) is 22.7. The Morgan fingerprint density at radius 1 is 1.16 bits per heavy atom. The van der Waals surface area contributed by atoms with Gasteiger partial charge in [-0.25, -0.2) is 9.59 Å². The fourth-order valence-electron chi connectivity index (χ4n) is 3.15. The number of carbonyl (C=O) groups is 2. The SMILES string of the molecule is CC1CCN(C(=O)Nc2ccc(NC(=O)NCC3CCCO3)cc2)C1. The summed E-state index contributed by atoms with van der Waals surface area (Å²) in [7, 11) is 0. The van der Waals surface area contributed by atoms with Gasteiger partial charge in [-0.1, -0.05) is 6.92 Å². The Hall–Kier alpha value is -2.28. The number of hydrogen-bond donors (Lipinski definition) is 3. The van der Waals surface area contributed by atoms with Gasteiger partial charge in [0, 0.05) is 37.6 Å². The topological polar surface area (TPSA) is 82.7 Å². The van der Waals surface area contributed by atoms with Gasteiger partial charge in [-0.3, -0.25) is 0 Å². The van der Waals surface area contributed by atoms with Crippen LogP contribution in [0.3, 0.4) is 0 Å². The molecule has 4 amide bonds. The van der Waals surface area contributed by atoms with Crippen LogP contribution in [0.5, 0.6) is 0 Å². The van der Waals surface area contributed by atoms with Gasteiger partial charge in [0.05, 0.1) is 6.10 Å². The monoisotopic (exact) mass is 346 g/mol. The van der Waals surface area contributed by atoms with Crippen LogP contribution < -0.4 is 16.0 Å². The average molecular weight is 346 g/mol. The molecular formula is C18H26N4O3. The van der Waals surface area contributed by atoms with E-state index >= 15 is 0 Å². The number of nitrogens with one attached hydrogen (secondary N) is 3. The van der Waals surface area contributed by atoms with Crippen molar-refractivity contribution in [1.82, 2.24) is 10.2 Å². The lowest BCUT2D eigenvalue weighted by atomic mass is 10.2. The van der Waals surface area contributed by atoms with Crippen LogP contribution in [-0.2, 0) is 4.74 Å². The van der Waals surface area contributed by atoms with Crippen LogP contribution in [0.1, 0.15) is 26.2 Å². The molecule has 3 rings (SSSR count). The second-order valence-corrected chi connectivity index (χ2v) is 6.82. The second-order valence-electron chi connectivity index (χ2n) is 6.82. The zero-order valence-corrected chi connectivity index (χ0v) is 14.6. The maximum Gasteiger partial charge on any atom is 0.321 e.